The number of ether oxygens (including phenoxy) is 2. The first-order chi connectivity index (χ1) is 23.7. The van der Waals surface area contributed by atoms with Gasteiger partial charge in [-0.2, -0.15) is 0 Å². The number of hydrogen-bond acceptors (Lipinski definition) is 7. The second kappa shape index (κ2) is 33.9. The molecule has 49 heavy (non-hydrogen) atoms. The fourth-order valence-electron chi connectivity index (χ4n) is 4.60. The molecule has 0 spiro atoms. The number of carbonyl (C=O) groups excluding carboxylic acids is 2. The molecule has 10 heteroatoms. The molecular formula is C39H65O9P. The summed E-state index contributed by atoms with van der Waals surface area (Å²) in [5.74, 6) is -1.02. The maximum atomic E-state index is 12.3. The minimum absolute atomic E-state index is 0.0614. The Morgan fingerprint density at radius 3 is 1.86 bits per heavy atom. The fourth-order valence-corrected chi connectivity index (χ4v) is 4.96. The third-order valence-electron chi connectivity index (χ3n) is 7.33. The van der Waals surface area contributed by atoms with Gasteiger partial charge >= 0.3 is 19.8 Å². The molecule has 0 rings (SSSR count). The van der Waals surface area contributed by atoms with Crippen molar-refractivity contribution in [3.05, 3.63) is 72.9 Å². The molecule has 0 aliphatic heterocycles. The van der Waals surface area contributed by atoms with Crippen molar-refractivity contribution in [2.24, 2.45) is 0 Å². The van der Waals surface area contributed by atoms with Crippen LogP contribution in [0.2, 0.25) is 0 Å². The lowest BCUT2D eigenvalue weighted by Crippen LogP contribution is -2.29. The highest BCUT2D eigenvalue weighted by molar-refractivity contribution is 7.46. The Balaban J connectivity index is 4.21. The number of hydrogen-bond donors (Lipinski definition) is 3. The van der Waals surface area contributed by atoms with Gasteiger partial charge in [0.05, 0.1) is 12.7 Å². The molecule has 1 unspecified atom stereocenters. The molecule has 0 saturated heterocycles. The van der Waals surface area contributed by atoms with E-state index >= 15 is 0 Å². The van der Waals surface area contributed by atoms with Crippen LogP contribution >= 0.6 is 7.82 Å². The summed E-state index contributed by atoms with van der Waals surface area (Å²) in [5.41, 5.74) is 0. The van der Waals surface area contributed by atoms with Gasteiger partial charge in [0.25, 0.3) is 0 Å². The van der Waals surface area contributed by atoms with Crippen LogP contribution in [0.5, 0.6) is 0 Å². The van der Waals surface area contributed by atoms with Gasteiger partial charge in [-0.1, -0.05) is 151 Å². The van der Waals surface area contributed by atoms with E-state index in [0.717, 1.165) is 38.5 Å². The van der Waals surface area contributed by atoms with Gasteiger partial charge in [0.15, 0.2) is 6.10 Å². The topological polar surface area (TPSA) is 140 Å². The SMILES string of the molecule is CC/C=C\C/C=C\CC(O)/C=C/C=C\C/C=C\C/C=C\CCC(=O)O[C@H](COC(=O)CCCCCCCCCCCCC)COP(=O)(O)O. The van der Waals surface area contributed by atoms with Crippen molar-refractivity contribution in [2.75, 3.05) is 13.2 Å². The van der Waals surface area contributed by atoms with Crippen LogP contribution in [-0.2, 0) is 28.2 Å². The van der Waals surface area contributed by atoms with Gasteiger partial charge in [0, 0.05) is 12.8 Å². The van der Waals surface area contributed by atoms with Gasteiger partial charge in [-0.05, 0) is 44.9 Å². The second-order valence-corrected chi connectivity index (χ2v) is 13.3. The Hall–Kier alpha value is -2.55. The molecule has 0 aliphatic carbocycles. The molecule has 0 aromatic rings. The van der Waals surface area contributed by atoms with Gasteiger partial charge in [0.2, 0.25) is 0 Å². The monoisotopic (exact) mass is 708 g/mol. The third-order valence-corrected chi connectivity index (χ3v) is 7.82. The highest BCUT2D eigenvalue weighted by Crippen LogP contribution is 2.35. The normalized spacial score (nSPS) is 14.0. The Morgan fingerprint density at radius 2 is 1.22 bits per heavy atom. The van der Waals surface area contributed by atoms with Crippen LogP contribution in [0.25, 0.3) is 0 Å². The number of allylic oxidation sites excluding steroid dienone is 10. The lowest BCUT2D eigenvalue weighted by molar-refractivity contribution is -0.161. The van der Waals surface area contributed by atoms with Crippen LogP contribution in [0.15, 0.2) is 72.9 Å². The maximum absolute atomic E-state index is 12.3. The Kier molecular flexibility index (Phi) is 32.2. The van der Waals surface area contributed by atoms with E-state index in [1.165, 1.54) is 44.9 Å². The average molecular weight is 709 g/mol. The molecule has 0 amide bonds. The molecule has 0 aliphatic rings. The molecule has 0 fully saturated rings. The number of esters is 2. The van der Waals surface area contributed by atoms with Crippen LogP contribution in [0.1, 0.15) is 136 Å². The lowest BCUT2D eigenvalue weighted by atomic mass is 10.1. The van der Waals surface area contributed by atoms with Gasteiger partial charge in [-0.15, -0.1) is 0 Å². The molecule has 0 aromatic carbocycles. The quantitative estimate of drug-likeness (QED) is 0.0205. The number of aliphatic hydroxyl groups is 1. The van der Waals surface area contributed by atoms with Crippen molar-refractivity contribution >= 4 is 19.8 Å². The highest BCUT2D eigenvalue weighted by Gasteiger charge is 2.22. The molecule has 0 bridgehead atoms. The van der Waals surface area contributed by atoms with Crippen LogP contribution in [0, 0.1) is 0 Å². The summed E-state index contributed by atoms with van der Waals surface area (Å²) in [5, 5.41) is 9.95. The van der Waals surface area contributed by atoms with Crippen LogP contribution in [0.4, 0.5) is 0 Å². The van der Waals surface area contributed by atoms with Gasteiger partial charge in [-0.3, -0.25) is 14.1 Å². The molecule has 9 nitrogen and oxygen atoms in total. The van der Waals surface area contributed by atoms with Gasteiger partial charge < -0.3 is 24.4 Å². The van der Waals surface area contributed by atoms with Gasteiger partial charge in [-0.25, -0.2) is 4.57 Å². The summed E-state index contributed by atoms with van der Waals surface area (Å²) in [6.45, 7) is 3.41. The van der Waals surface area contributed by atoms with Crippen molar-refractivity contribution in [2.45, 2.75) is 148 Å². The first-order valence-corrected chi connectivity index (χ1v) is 19.9. The van der Waals surface area contributed by atoms with Gasteiger partial charge in [0.1, 0.15) is 6.61 Å². The van der Waals surface area contributed by atoms with Crippen molar-refractivity contribution in [3.8, 4) is 0 Å². The molecule has 0 saturated carbocycles. The first-order valence-electron chi connectivity index (χ1n) is 18.3. The second-order valence-electron chi connectivity index (χ2n) is 12.0. The maximum Gasteiger partial charge on any atom is 0.469 e. The number of carbonyl (C=O) groups is 2. The zero-order valence-electron chi connectivity index (χ0n) is 30.2. The van der Waals surface area contributed by atoms with Crippen LogP contribution in [0.3, 0.4) is 0 Å². The Labute approximate surface area is 296 Å². The lowest BCUT2D eigenvalue weighted by Gasteiger charge is -2.18. The summed E-state index contributed by atoms with van der Waals surface area (Å²) in [7, 11) is -4.78. The summed E-state index contributed by atoms with van der Waals surface area (Å²) in [6.07, 6.45) is 39.5. The largest absolute Gasteiger partial charge is 0.469 e. The van der Waals surface area contributed by atoms with Crippen molar-refractivity contribution in [1.29, 1.82) is 0 Å². The number of aliphatic hydroxyl groups excluding tert-OH is 1. The fraction of sp³-hybridized carbons (Fsp3) is 0.641. The first kappa shape index (κ1) is 46.5. The number of rotatable bonds is 32. The molecule has 2 atom stereocenters. The van der Waals surface area contributed by atoms with Crippen LogP contribution in [-0.4, -0.2) is 52.3 Å². The Bertz CT molecular complexity index is 1040. The molecule has 0 heterocycles. The van der Waals surface area contributed by atoms with E-state index in [2.05, 4.69) is 36.6 Å². The predicted molar refractivity (Wildman–Crippen MR) is 199 cm³/mol. The van der Waals surface area contributed by atoms with Crippen molar-refractivity contribution in [1.82, 2.24) is 0 Å². The summed E-state index contributed by atoms with van der Waals surface area (Å²) < 4.78 is 26.2. The number of phosphoric ester groups is 1. The summed E-state index contributed by atoms with van der Waals surface area (Å²) >= 11 is 0. The van der Waals surface area contributed by atoms with E-state index in [1.54, 1.807) is 6.08 Å². The van der Waals surface area contributed by atoms with Crippen molar-refractivity contribution < 1.29 is 43.0 Å². The summed E-state index contributed by atoms with van der Waals surface area (Å²) in [4.78, 5) is 42.6. The van der Waals surface area contributed by atoms with Crippen LogP contribution < -0.4 is 0 Å². The smallest absolute Gasteiger partial charge is 0.462 e. The number of phosphoric acid groups is 1. The zero-order valence-corrected chi connectivity index (χ0v) is 31.1. The highest BCUT2D eigenvalue weighted by atomic mass is 31.2. The van der Waals surface area contributed by atoms with E-state index in [9.17, 15) is 19.3 Å². The molecular weight excluding hydrogens is 643 g/mol. The van der Waals surface area contributed by atoms with E-state index in [0.29, 0.717) is 25.7 Å². The average Bonchev–Trinajstić information content (AvgIpc) is 3.06. The van der Waals surface area contributed by atoms with E-state index in [4.69, 9.17) is 19.3 Å². The van der Waals surface area contributed by atoms with E-state index < -0.39 is 38.6 Å². The number of unbranched alkanes of at least 4 members (excludes halogenated alkanes) is 10. The van der Waals surface area contributed by atoms with E-state index in [-0.39, 0.29) is 19.4 Å². The standard InChI is InChI=1S/C39H65O9P/c1-3-5-7-9-11-12-13-17-20-24-28-32-38(41)46-34-37(35-47-49(43,44)45)48-39(42)33-29-25-21-18-15-14-16-19-23-27-31-36(40)30-26-22-10-8-6-4-2/h6,8,14-15,19,21-23,25-27,31,36-37,40H,3-5,7,9-13,16-18,20,24,28-30,32-35H2,1-2H3,(H2,43,44,45)/b8-6-,15-14-,23-19-,25-21-,26-22-,31-27+/t36?,37-/m1/s1. The minimum Gasteiger partial charge on any atom is -0.462 e. The zero-order chi connectivity index (χ0) is 36.3. The van der Waals surface area contributed by atoms with E-state index in [1.807, 2.05) is 48.6 Å². The molecule has 280 valence electrons. The minimum atomic E-state index is -4.78. The van der Waals surface area contributed by atoms with Crippen molar-refractivity contribution in [3.63, 3.8) is 0 Å². The molecule has 0 aromatic heterocycles. The molecule has 0 radical (unpaired) electrons. The Morgan fingerprint density at radius 1 is 0.653 bits per heavy atom. The third kappa shape index (κ3) is 36.6. The predicted octanol–water partition coefficient (Wildman–Crippen LogP) is 9.70. The molecule has 3 N–H and O–H groups in total. The summed E-state index contributed by atoms with van der Waals surface area (Å²) in [6, 6.07) is 0.